The second kappa shape index (κ2) is 5.17. The van der Waals surface area contributed by atoms with Gasteiger partial charge in [-0.3, -0.25) is 10.1 Å². The number of aromatic nitrogens is 3. The van der Waals surface area contributed by atoms with Gasteiger partial charge in [0.15, 0.2) is 0 Å². The van der Waals surface area contributed by atoms with E-state index in [1.807, 2.05) is 6.07 Å². The van der Waals surface area contributed by atoms with Crippen molar-refractivity contribution in [2.75, 3.05) is 0 Å². The van der Waals surface area contributed by atoms with Crippen molar-refractivity contribution < 1.29 is 5.11 Å². The van der Waals surface area contributed by atoms with E-state index in [4.69, 9.17) is 0 Å². The zero-order valence-electron chi connectivity index (χ0n) is 11.2. The molecule has 0 aliphatic heterocycles. The molecule has 2 N–H and O–H groups in total. The molecule has 2 aromatic heterocycles. The lowest BCUT2D eigenvalue weighted by Gasteiger charge is -1.99. The van der Waals surface area contributed by atoms with Crippen molar-refractivity contribution in [1.82, 2.24) is 15.2 Å². The first kappa shape index (κ1) is 12.4. The number of nitrogens with one attached hydrogen (secondary N) is 1. The van der Waals surface area contributed by atoms with Gasteiger partial charge in [0.1, 0.15) is 5.75 Å². The van der Waals surface area contributed by atoms with Crippen molar-refractivity contribution in [3.63, 3.8) is 0 Å². The highest BCUT2D eigenvalue weighted by Gasteiger charge is 2.08. The Morgan fingerprint density at radius 2 is 1.95 bits per heavy atom. The fourth-order valence-electron chi connectivity index (χ4n) is 2.12. The molecule has 4 nitrogen and oxygen atoms in total. The molecule has 0 unspecified atom stereocenters. The average Bonchev–Trinajstić information content (AvgIpc) is 2.90. The Kier molecular flexibility index (Phi) is 3.21. The van der Waals surface area contributed by atoms with Gasteiger partial charge < -0.3 is 5.11 Å². The maximum Gasteiger partial charge on any atom is 0.143 e. The van der Waals surface area contributed by atoms with Crippen molar-refractivity contribution in [1.29, 1.82) is 0 Å². The third kappa shape index (κ3) is 2.54. The third-order valence-corrected chi connectivity index (χ3v) is 3.22. The van der Waals surface area contributed by atoms with E-state index in [0.717, 1.165) is 17.8 Å². The lowest BCUT2D eigenvalue weighted by molar-refractivity contribution is 0.474. The summed E-state index contributed by atoms with van der Waals surface area (Å²) in [4.78, 5) is 3.87. The standard InChI is InChI=1S/C16H15N3O/c1-11-2-4-12(5-3-11)8-13-9-15(19-18-13)14-6-7-17-10-16(14)20/h2-7,9-10,20H,8H2,1H3,(H,18,19). The fourth-order valence-corrected chi connectivity index (χ4v) is 2.12. The average molecular weight is 265 g/mol. The van der Waals surface area contributed by atoms with Gasteiger partial charge >= 0.3 is 0 Å². The first-order valence-electron chi connectivity index (χ1n) is 6.45. The fraction of sp³-hybridized carbons (Fsp3) is 0.125. The predicted molar refractivity (Wildman–Crippen MR) is 77.5 cm³/mol. The van der Waals surface area contributed by atoms with Gasteiger partial charge in [0.25, 0.3) is 0 Å². The number of aryl methyl sites for hydroxylation is 1. The molecule has 0 fully saturated rings. The summed E-state index contributed by atoms with van der Waals surface area (Å²) in [6.07, 6.45) is 3.85. The molecule has 20 heavy (non-hydrogen) atoms. The van der Waals surface area contributed by atoms with Crippen LogP contribution < -0.4 is 0 Å². The van der Waals surface area contributed by atoms with Crippen LogP contribution in [0.1, 0.15) is 16.8 Å². The number of aromatic amines is 1. The number of hydrogen-bond donors (Lipinski definition) is 2. The Balaban J connectivity index is 1.84. The zero-order valence-corrected chi connectivity index (χ0v) is 11.2. The summed E-state index contributed by atoms with van der Waals surface area (Å²) in [6.45, 7) is 2.07. The van der Waals surface area contributed by atoms with Crippen LogP contribution in [-0.2, 0) is 6.42 Å². The topological polar surface area (TPSA) is 61.8 Å². The minimum atomic E-state index is 0.140. The second-order valence-corrected chi connectivity index (χ2v) is 4.83. The molecule has 0 saturated heterocycles. The summed E-state index contributed by atoms with van der Waals surface area (Å²) in [5, 5.41) is 17.0. The Morgan fingerprint density at radius 3 is 2.70 bits per heavy atom. The third-order valence-electron chi connectivity index (χ3n) is 3.22. The quantitative estimate of drug-likeness (QED) is 0.765. The van der Waals surface area contributed by atoms with Crippen LogP contribution >= 0.6 is 0 Å². The smallest absolute Gasteiger partial charge is 0.143 e. The van der Waals surface area contributed by atoms with E-state index in [2.05, 4.69) is 46.4 Å². The van der Waals surface area contributed by atoms with Crippen LogP contribution in [0.2, 0.25) is 0 Å². The van der Waals surface area contributed by atoms with E-state index >= 15 is 0 Å². The summed E-state index contributed by atoms with van der Waals surface area (Å²) >= 11 is 0. The number of rotatable bonds is 3. The first-order chi connectivity index (χ1) is 9.72. The molecule has 0 aliphatic carbocycles. The van der Waals surface area contributed by atoms with Gasteiger partial charge in [-0.1, -0.05) is 29.8 Å². The zero-order chi connectivity index (χ0) is 13.9. The minimum Gasteiger partial charge on any atom is -0.506 e. The number of benzene rings is 1. The van der Waals surface area contributed by atoms with Crippen LogP contribution in [0, 0.1) is 6.92 Å². The van der Waals surface area contributed by atoms with E-state index in [0.29, 0.717) is 5.56 Å². The van der Waals surface area contributed by atoms with E-state index < -0.39 is 0 Å². The van der Waals surface area contributed by atoms with Gasteiger partial charge in [-0.05, 0) is 24.6 Å². The summed E-state index contributed by atoms with van der Waals surface area (Å²) in [5.41, 5.74) is 4.91. The summed E-state index contributed by atoms with van der Waals surface area (Å²) in [6, 6.07) is 12.1. The Bertz CT molecular complexity index is 717. The van der Waals surface area contributed by atoms with Gasteiger partial charge in [-0.15, -0.1) is 0 Å². The number of pyridine rings is 1. The van der Waals surface area contributed by atoms with E-state index in [-0.39, 0.29) is 5.75 Å². The van der Waals surface area contributed by atoms with Gasteiger partial charge in [-0.2, -0.15) is 5.10 Å². The molecule has 3 rings (SSSR count). The van der Waals surface area contributed by atoms with Crippen molar-refractivity contribution in [2.45, 2.75) is 13.3 Å². The van der Waals surface area contributed by atoms with Crippen molar-refractivity contribution in [2.24, 2.45) is 0 Å². The summed E-state index contributed by atoms with van der Waals surface area (Å²) in [7, 11) is 0. The minimum absolute atomic E-state index is 0.140. The lowest BCUT2D eigenvalue weighted by atomic mass is 10.1. The molecule has 0 spiro atoms. The maximum absolute atomic E-state index is 9.78. The lowest BCUT2D eigenvalue weighted by Crippen LogP contribution is -1.88. The predicted octanol–water partition coefficient (Wildman–Crippen LogP) is 3.08. The highest BCUT2D eigenvalue weighted by Crippen LogP contribution is 2.26. The highest BCUT2D eigenvalue weighted by atomic mass is 16.3. The van der Waals surface area contributed by atoms with Crippen LogP contribution in [0.15, 0.2) is 48.8 Å². The Hall–Kier alpha value is -2.62. The van der Waals surface area contributed by atoms with Crippen LogP contribution in [0.3, 0.4) is 0 Å². The maximum atomic E-state index is 9.78. The van der Waals surface area contributed by atoms with Crippen molar-refractivity contribution in [3.05, 3.63) is 65.6 Å². The van der Waals surface area contributed by atoms with Crippen LogP contribution in [0.5, 0.6) is 5.75 Å². The Labute approximate surface area is 117 Å². The van der Waals surface area contributed by atoms with Gasteiger partial charge in [0.2, 0.25) is 0 Å². The molecule has 100 valence electrons. The summed E-state index contributed by atoms with van der Waals surface area (Å²) in [5.74, 6) is 0.140. The monoisotopic (exact) mass is 265 g/mol. The SMILES string of the molecule is Cc1ccc(Cc2cc(-c3ccncc3O)n[nH]2)cc1. The molecular weight excluding hydrogens is 250 g/mol. The van der Waals surface area contributed by atoms with E-state index in [1.54, 1.807) is 12.3 Å². The number of H-pyrrole nitrogens is 1. The van der Waals surface area contributed by atoms with E-state index in [9.17, 15) is 5.11 Å². The molecule has 4 heteroatoms. The molecule has 0 amide bonds. The largest absolute Gasteiger partial charge is 0.506 e. The molecule has 0 saturated carbocycles. The van der Waals surface area contributed by atoms with E-state index in [1.165, 1.54) is 17.3 Å². The van der Waals surface area contributed by atoms with Crippen LogP contribution in [0.4, 0.5) is 0 Å². The molecule has 0 aliphatic rings. The number of hydrogen-bond acceptors (Lipinski definition) is 3. The number of nitrogens with zero attached hydrogens (tertiary/aromatic N) is 2. The second-order valence-electron chi connectivity index (χ2n) is 4.83. The molecule has 0 atom stereocenters. The number of aromatic hydroxyl groups is 1. The van der Waals surface area contributed by atoms with Gasteiger partial charge in [0, 0.05) is 23.9 Å². The Morgan fingerprint density at radius 1 is 1.15 bits per heavy atom. The van der Waals surface area contributed by atoms with Crippen molar-refractivity contribution >= 4 is 0 Å². The molecule has 2 heterocycles. The molecule has 3 aromatic rings. The first-order valence-corrected chi connectivity index (χ1v) is 6.45. The highest BCUT2D eigenvalue weighted by molar-refractivity contribution is 5.65. The molecule has 0 bridgehead atoms. The molecule has 0 radical (unpaired) electrons. The molecular formula is C16H15N3O. The van der Waals surface area contributed by atoms with Crippen LogP contribution in [0.25, 0.3) is 11.3 Å². The van der Waals surface area contributed by atoms with Gasteiger partial charge in [0.05, 0.1) is 11.9 Å². The van der Waals surface area contributed by atoms with Crippen molar-refractivity contribution in [3.8, 4) is 17.0 Å². The normalized spacial score (nSPS) is 10.7. The van der Waals surface area contributed by atoms with Crippen LogP contribution in [-0.4, -0.2) is 20.3 Å². The van der Waals surface area contributed by atoms with Gasteiger partial charge in [-0.25, -0.2) is 0 Å². The molecule has 1 aromatic carbocycles. The summed E-state index contributed by atoms with van der Waals surface area (Å²) < 4.78 is 0.